The normalized spacial score (nSPS) is 10.3. The predicted octanol–water partition coefficient (Wildman–Crippen LogP) is 0.638. The first-order valence-corrected chi connectivity index (χ1v) is 5.71. The van der Waals surface area contributed by atoms with Crippen molar-refractivity contribution < 1.29 is 9.84 Å². The summed E-state index contributed by atoms with van der Waals surface area (Å²) in [5.74, 6) is 1.45. The van der Waals surface area contributed by atoms with Gasteiger partial charge in [0.15, 0.2) is 0 Å². The van der Waals surface area contributed by atoms with E-state index in [-0.39, 0.29) is 6.61 Å². The summed E-state index contributed by atoms with van der Waals surface area (Å²) in [6, 6.07) is 0. The molecule has 1 aromatic heterocycles. The van der Waals surface area contributed by atoms with Gasteiger partial charge in [0.25, 0.3) is 0 Å². The van der Waals surface area contributed by atoms with E-state index in [1.54, 1.807) is 13.2 Å². The highest BCUT2D eigenvalue weighted by Crippen LogP contribution is 2.11. The molecule has 6 heteroatoms. The summed E-state index contributed by atoms with van der Waals surface area (Å²) >= 11 is 0. The third kappa shape index (κ3) is 4.97. The average molecular weight is 240 g/mol. The Hall–Kier alpha value is -1.40. The monoisotopic (exact) mass is 240 g/mol. The van der Waals surface area contributed by atoms with Crippen LogP contribution in [0.5, 0.6) is 0 Å². The zero-order valence-corrected chi connectivity index (χ0v) is 10.4. The Kier molecular flexibility index (Phi) is 6.27. The molecule has 0 unspecified atom stereocenters. The maximum absolute atomic E-state index is 8.53. The molecule has 1 rings (SSSR count). The molecule has 0 saturated heterocycles. The summed E-state index contributed by atoms with van der Waals surface area (Å²) in [6.45, 7) is 3.85. The molecule has 1 aromatic rings. The fourth-order valence-electron chi connectivity index (χ4n) is 1.29. The quantitative estimate of drug-likeness (QED) is 0.579. The van der Waals surface area contributed by atoms with Crippen LogP contribution < -0.4 is 10.6 Å². The summed E-state index contributed by atoms with van der Waals surface area (Å²) in [7, 11) is 1.79. The topological polar surface area (TPSA) is 79.3 Å². The van der Waals surface area contributed by atoms with Crippen molar-refractivity contribution in [3.63, 3.8) is 0 Å². The van der Waals surface area contributed by atoms with Crippen molar-refractivity contribution in [2.75, 3.05) is 44.0 Å². The molecule has 17 heavy (non-hydrogen) atoms. The van der Waals surface area contributed by atoms with Crippen LogP contribution in [0, 0.1) is 6.92 Å². The highest BCUT2D eigenvalue weighted by molar-refractivity contribution is 5.46. The highest BCUT2D eigenvalue weighted by atomic mass is 16.5. The van der Waals surface area contributed by atoms with Crippen LogP contribution in [-0.4, -0.2) is 48.5 Å². The molecule has 6 nitrogen and oxygen atoms in total. The smallest absolute Gasteiger partial charge is 0.224 e. The fourth-order valence-corrected chi connectivity index (χ4v) is 1.29. The molecule has 0 radical (unpaired) electrons. The van der Waals surface area contributed by atoms with Gasteiger partial charge in [-0.15, -0.1) is 0 Å². The van der Waals surface area contributed by atoms with Gasteiger partial charge < -0.3 is 20.5 Å². The molecule has 1 heterocycles. The Morgan fingerprint density at radius 2 is 2.24 bits per heavy atom. The molecule has 0 saturated carbocycles. The zero-order valence-electron chi connectivity index (χ0n) is 10.4. The maximum atomic E-state index is 8.53. The molecule has 3 N–H and O–H groups in total. The number of hydrogen-bond donors (Lipinski definition) is 3. The van der Waals surface area contributed by atoms with Crippen LogP contribution in [0.2, 0.25) is 0 Å². The first-order valence-electron chi connectivity index (χ1n) is 5.71. The van der Waals surface area contributed by atoms with Crippen LogP contribution in [0.3, 0.4) is 0 Å². The largest absolute Gasteiger partial charge is 0.394 e. The second-order valence-corrected chi connectivity index (χ2v) is 3.59. The molecule has 0 aliphatic carbocycles. The van der Waals surface area contributed by atoms with Crippen molar-refractivity contribution in [2.24, 2.45) is 0 Å². The summed E-state index contributed by atoms with van der Waals surface area (Å²) in [4.78, 5) is 8.42. The lowest BCUT2D eigenvalue weighted by Gasteiger charge is -2.09. The van der Waals surface area contributed by atoms with Gasteiger partial charge in [0.05, 0.1) is 13.2 Å². The number of anilines is 2. The first kappa shape index (κ1) is 13.7. The molecule has 0 spiro atoms. The predicted molar refractivity (Wildman–Crippen MR) is 67.3 cm³/mol. The number of aliphatic hydroxyl groups excluding tert-OH is 1. The highest BCUT2D eigenvalue weighted by Gasteiger charge is 2.01. The van der Waals surface area contributed by atoms with Gasteiger partial charge in [-0.1, -0.05) is 0 Å². The van der Waals surface area contributed by atoms with Crippen LogP contribution >= 0.6 is 0 Å². The van der Waals surface area contributed by atoms with Gasteiger partial charge in [0, 0.05) is 32.0 Å². The van der Waals surface area contributed by atoms with E-state index in [9.17, 15) is 0 Å². The first-order chi connectivity index (χ1) is 8.27. The fraction of sp³-hybridized carbons (Fsp3) is 0.636. The van der Waals surface area contributed by atoms with E-state index in [0.29, 0.717) is 19.2 Å². The second-order valence-electron chi connectivity index (χ2n) is 3.59. The van der Waals surface area contributed by atoms with Crippen molar-refractivity contribution >= 4 is 11.8 Å². The molecular formula is C11H20N4O2. The number of rotatable bonds is 8. The number of aliphatic hydroxyl groups is 1. The van der Waals surface area contributed by atoms with E-state index in [4.69, 9.17) is 9.84 Å². The third-order valence-electron chi connectivity index (χ3n) is 2.19. The number of ether oxygens (including phenoxy) is 1. The zero-order chi connectivity index (χ0) is 12.5. The van der Waals surface area contributed by atoms with Crippen LogP contribution in [0.1, 0.15) is 12.0 Å². The van der Waals surface area contributed by atoms with Gasteiger partial charge in [-0.3, -0.25) is 0 Å². The summed E-state index contributed by atoms with van der Waals surface area (Å²) in [5.41, 5.74) is 1.01. The van der Waals surface area contributed by atoms with Gasteiger partial charge >= 0.3 is 0 Å². The molecular weight excluding hydrogens is 220 g/mol. The van der Waals surface area contributed by atoms with Crippen molar-refractivity contribution in [3.05, 3.63) is 11.8 Å². The minimum Gasteiger partial charge on any atom is -0.394 e. The minimum atomic E-state index is 0.0734. The van der Waals surface area contributed by atoms with E-state index in [1.165, 1.54) is 0 Å². The summed E-state index contributed by atoms with van der Waals surface area (Å²) < 4.78 is 5.16. The van der Waals surface area contributed by atoms with Gasteiger partial charge in [0.1, 0.15) is 5.82 Å². The number of nitrogens with zero attached hydrogens (tertiary/aromatic N) is 2. The van der Waals surface area contributed by atoms with Gasteiger partial charge in [-0.2, -0.15) is 4.98 Å². The van der Waals surface area contributed by atoms with Gasteiger partial charge in [0.2, 0.25) is 5.95 Å². The number of hydrogen-bond acceptors (Lipinski definition) is 6. The molecule has 0 atom stereocenters. The molecule has 0 fully saturated rings. The molecule has 96 valence electrons. The molecule has 0 bridgehead atoms. The van der Waals surface area contributed by atoms with Gasteiger partial charge in [-0.05, 0) is 13.3 Å². The summed E-state index contributed by atoms with van der Waals surface area (Å²) in [5, 5.41) is 14.7. The van der Waals surface area contributed by atoms with Crippen LogP contribution in [0.25, 0.3) is 0 Å². The number of aromatic nitrogens is 2. The van der Waals surface area contributed by atoms with E-state index < -0.39 is 0 Å². The SMILES string of the molecule is CNc1ncc(C)c(NCCCOCCO)n1. The van der Waals surface area contributed by atoms with Gasteiger partial charge in [-0.25, -0.2) is 4.98 Å². The van der Waals surface area contributed by atoms with Crippen LogP contribution in [0.4, 0.5) is 11.8 Å². The van der Waals surface area contributed by atoms with E-state index in [2.05, 4.69) is 20.6 Å². The lowest BCUT2D eigenvalue weighted by molar-refractivity contribution is 0.0922. The Morgan fingerprint density at radius 3 is 2.94 bits per heavy atom. The molecule has 0 aliphatic rings. The number of nitrogens with one attached hydrogen (secondary N) is 2. The Morgan fingerprint density at radius 1 is 1.41 bits per heavy atom. The standard InChI is InChI=1S/C11H20N4O2/c1-9-8-14-11(12-2)15-10(9)13-4-3-6-17-7-5-16/h8,16H,3-7H2,1-2H3,(H2,12,13,14,15). The summed E-state index contributed by atoms with van der Waals surface area (Å²) in [6.07, 6.45) is 2.65. The average Bonchev–Trinajstić information content (AvgIpc) is 2.35. The molecule has 0 aromatic carbocycles. The van der Waals surface area contributed by atoms with E-state index >= 15 is 0 Å². The van der Waals surface area contributed by atoms with Crippen molar-refractivity contribution in [2.45, 2.75) is 13.3 Å². The Balaban J connectivity index is 2.30. The maximum Gasteiger partial charge on any atom is 0.224 e. The van der Waals surface area contributed by atoms with E-state index in [1.807, 2.05) is 6.92 Å². The molecule has 0 aliphatic heterocycles. The molecule has 0 amide bonds. The van der Waals surface area contributed by atoms with Crippen molar-refractivity contribution in [3.8, 4) is 0 Å². The Bertz CT molecular complexity index is 333. The Labute approximate surface area is 101 Å². The van der Waals surface area contributed by atoms with E-state index in [0.717, 1.165) is 24.3 Å². The van der Waals surface area contributed by atoms with Crippen LogP contribution in [-0.2, 0) is 4.74 Å². The lowest BCUT2D eigenvalue weighted by Crippen LogP contribution is -2.10. The minimum absolute atomic E-state index is 0.0734. The van der Waals surface area contributed by atoms with Crippen molar-refractivity contribution in [1.82, 2.24) is 9.97 Å². The lowest BCUT2D eigenvalue weighted by atomic mass is 10.3. The van der Waals surface area contributed by atoms with Crippen molar-refractivity contribution in [1.29, 1.82) is 0 Å². The van der Waals surface area contributed by atoms with Crippen LogP contribution in [0.15, 0.2) is 6.20 Å². The number of aryl methyl sites for hydroxylation is 1. The second kappa shape index (κ2) is 7.81. The third-order valence-corrected chi connectivity index (χ3v) is 2.19.